The van der Waals surface area contributed by atoms with E-state index in [-0.39, 0.29) is 16.5 Å². The molecule has 0 saturated heterocycles. The Kier molecular flexibility index (Phi) is 11.9. The molecule has 0 heterocycles. The topological polar surface area (TPSA) is 40.5 Å². The monoisotopic (exact) mass is 497 g/mol. The average molecular weight is 497 g/mol. The van der Waals surface area contributed by atoms with Crippen molar-refractivity contribution in [1.29, 1.82) is 0 Å². The van der Waals surface area contributed by atoms with Gasteiger partial charge in [0, 0.05) is 4.28 Å². The summed E-state index contributed by atoms with van der Waals surface area (Å²) in [6, 6.07) is 0. The van der Waals surface area contributed by atoms with Crippen LogP contribution < -0.4 is 0 Å². The minimum absolute atomic E-state index is 0. The fourth-order valence-electron chi connectivity index (χ4n) is 8.59. The largest absolute Gasteiger partial charge is 0.393 e. The van der Waals surface area contributed by atoms with Gasteiger partial charge in [0.1, 0.15) is 0 Å². The Morgan fingerprint density at radius 3 is 2.14 bits per heavy atom. The number of aliphatic hydroxyl groups is 2. The van der Waals surface area contributed by atoms with Crippen LogP contribution in [0.1, 0.15) is 144 Å². The molecule has 4 aliphatic carbocycles. The van der Waals surface area contributed by atoms with Crippen molar-refractivity contribution in [2.45, 2.75) is 152 Å². The highest BCUT2D eigenvalue weighted by molar-refractivity contribution is 5.25. The second kappa shape index (κ2) is 13.5. The molecule has 0 aromatic heterocycles. The van der Waals surface area contributed by atoms with Crippen LogP contribution in [-0.4, -0.2) is 22.4 Å². The van der Waals surface area contributed by atoms with Gasteiger partial charge in [0.15, 0.2) is 0 Å². The Balaban J connectivity index is 0. The van der Waals surface area contributed by atoms with Crippen LogP contribution in [0, 0.1) is 46.3 Å². The maximum absolute atomic E-state index is 10.3. The quantitative estimate of drug-likeness (QED) is 0.372. The summed E-state index contributed by atoms with van der Waals surface area (Å²) in [7, 11) is 0. The molecule has 3 saturated carbocycles. The van der Waals surface area contributed by atoms with E-state index >= 15 is 0 Å². The number of aliphatic hydroxyl groups excluding tert-OH is 2. The number of hydrogen-bond acceptors (Lipinski definition) is 2. The molecule has 2 heteroatoms. The molecule has 0 aromatic rings. The van der Waals surface area contributed by atoms with Crippen LogP contribution >= 0.6 is 0 Å². The molecule has 35 heavy (non-hydrogen) atoms. The van der Waals surface area contributed by atoms with E-state index in [0.717, 1.165) is 48.9 Å². The summed E-state index contributed by atoms with van der Waals surface area (Å²) in [5, 5.41) is 20.5. The minimum atomic E-state index is -0.137. The summed E-state index contributed by atoms with van der Waals surface area (Å²) in [6.45, 7) is 20.4. The minimum Gasteiger partial charge on any atom is -0.393 e. The average Bonchev–Trinajstić information content (AvgIpc) is 3.16. The van der Waals surface area contributed by atoms with Gasteiger partial charge in [-0.1, -0.05) is 86.8 Å². The van der Waals surface area contributed by atoms with Crippen LogP contribution in [0.25, 0.3) is 0 Å². The van der Waals surface area contributed by atoms with Gasteiger partial charge >= 0.3 is 0 Å². The predicted octanol–water partition coefficient (Wildman–Crippen LogP) is 9.93. The van der Waals surface area contributed by atoms with Crippen molar-refractivity contribution in [3.63, 3.8) is 0 Å². The van der Waals surface area contributed by atoms with Gasteiger partial charge in [0.2, 0.25) is 0 Å². The summed E-state index contributed by atoms with van der Waals surface area (Å²) in [6.07, 6.45) is 16.9. The molecule has 2 N–H and O–H groups in total. The standard InChI is InChI=1S/C27H46O2.2C3H8.3H2/c1-17(2)25(29)11-6-18(3)22-9-10-23-21-8-7-19-16-20(28)12-14-26(19,4)24(21)13-15-27(22,23)5;2*1-3-2;;;/h7,17-18,20-25,28-29H,6,8-16H2,1-5H3;2*3H2,1-2H3;3*1H/t18-,20+,21+,22?,23?,24?,25+,26+,27-;;;;;/m1...../s1. The maximum atomic E-state index is 10.3. The number of hydrogen-bond donors (Lipinski definition) is 2. The molecule has 3 unspecified atom stereocenters. The van der Waals surface area contributed by atoms with Crippen molar-refractivity contribution in [3.05, 3.63) is 11.6 Å². The zero-order chi connectivity index (χ0) is 26.4. The second-order valence-electron chi connectivity index (χ2n) is 13.7. The molecule has 0 bridgehead atoms. The number of fused-ring (bicyclic) bond motifs is 5. The molecule has 0 aliphatic heterocycles. The first-order valence-electron chi connectivity index (χ1n) is 15.5. The summed E-state index contributed by atoms with van der Waals surface area (Å²) in [5.41, 5.74) is 2.44. The number of rotatable bonds is 5. The Bertz CT molecular complexity index is 667. The maximum Gasteiger partial charge on any atom is 0.0577 e. The lowest BCUT2D eigenvalue weighted by Gasteiger charge is -2.58. The van der Waals surface area contributed by atoms with E-state index in [4.69, 9.17) is 0 Å². The van der Waals surface area contributed by atoms with Gasteiger partial charge in [0.25, 0.3) is 0 Å². The third kappa shape index (κ3) is 6.76. The lowest BCUT2D eigenvalue weighted by Crippen LogP contribution is -2.50. The zero-order valence-corrected chi connectivity index (χ0v) is 25.1. The first-order chi connectivity index (χ1) is 16.5. The Morgan fingerprint density at radius 1 is 0.914 bits per heavy atom. The van der Waals surface area contributed by atoms with Gasteiger partial charge in [-0.3, -0.25) is 0 Å². The number of allylic oxidation sites excluding steroid dienone is 1. The van der Waals surface area contributed by atoms with E-state index in [2.05, 4.69) is 68.4 Å². The van der Waals surface area contributed by atoms with Crippen LogP contribution in [0.2, 0.25) is 0 Å². The molecule has 2 nitrogen and oxygen atoms in total. The van der Waals surface area contributed by atoms with Gasteiger partial charge in [-0.2, -0.15) is 0 Å². The third-order valence-corrected chi connectivity index (χ3v) is 10.5. The van der Waals surface area contributed by atoms with Gasteiger partial charge < -0.3 is 10.2 Å². The van der Waals surface area contributed by atoms with Crippen LogP contribution in [0.5, 0.6) is 0 Å². The second-order valence-corrected chi connectivity index (χ2v) is 13.7. The first kappa shape index (κ1) is 30.9. The summed E-state index contributed by atoms with van der Waals surface area (Å²) in [5.74, 6) is 4.51. The molecule has 3 fully saturated rings. The van der Waals surface area contributed by atoms with E-state index in [1.807, 2.05) is 0 Å². The van der Waals surface area contributed by atoms with Crippen molar-refractivity contribution < 1.29 is 14.5 Å². The highest BCUT2D eigenvalue weighted by Gasteiger charge is 2.59. The van der Waals surface area contributed by atoms with E-state index in [1.54, 1.807) is 5.57 Å². The van der Waals surface area contributed by atoms with Crippen molar-refractivity contribution in [2.24, 2.45) is 46.3 Å². The van der Waals surface area contributed by atoms with Gasteiger partial charge in [0.05, 0.1) is 12.2 Å². The zero-order valence-electron chi connectivity index (χ0n) is 25.1. The molecular formula is C33H68O2. The van der Waals surface area contributed by atoms with Crippen LogP contribution in [0.3, 0.4) is 0 Å². The lowest BCUT2D eigenvalue weighted by atomic mass is 9.47. The van der Waals surface area contributed by atoms with Crippen molar-refractivity contribution in [2.75, 3.05) is 0 Å². The summed E-state index contributed by atoms with van der Waals surface area (Å²) in [4.78, 5) is 0. The van der Waals surface area contributed by atoms with Gasteiger partial charge in [-0.05, 0) is 111 Å². The lowest BCUT2D eigenvalue weighted by molar-refractivity contribution is -0.0579. The molecule has 4 rings (SSSR count). The molecule has 9 atom stereocenters. The Hall–Kier alpha value is -0.340. The SMILES string of the molecule is CC(C)[C@@H](O)CC[C@@H](C)C1CCC2[C@@H]3CC=C4C[C@@H](O)CC[C@]4(C)C3CC[C@@]21C.CCC.CCC.[HH].[HH].[HH]. The molecule has 212 valence electrons. The van der Waals surface area contributed by atoms with E-state index in [1.165, 1.54) is 57.8 Å². The molecule has 0 spiro atoms. The van der Waals surface area contributed by atoms with Crippen LogP contribution in [0.4, 0.5) is 0 Å². The first-order valence-corrected chi connectivity index (χ1v) is 15.5. The molecule has 0 aromatic carbocycles. The summed E-state index contributed by atoms with van der Waals surface area (Å²) >= 11 is 0. The Labute approximate surface area is 224 Å². The Morgan fingerprint density at radius 2 is 1.54 bits per heavy atom. The van der Waals surface area contributed by atoms with Crippen molar-refractivity contribution in [1.82, 2.24) is 0 Å². The normalized spacial score (nSPS) is 39.5. The van der Waals surface area contributed by atoms with E-state index in [0.29, 0.717) is 16.7 Å². The van der Waals surface area contributed by atoms with Gasteiger partial charge in [-0.25, -0.2) is 0 Å². The predicted molar refractivity (Wildman–Crippen MR) is 159 cm³/mol. The van der Waals surface area contributed by atoms with E-state index < -0.39 is 0 Å². The fourth-order valence-corrected chi connectivity index (χ4v) is 8.59. The van der Waals surface area contributed by atoms with Crippen LogP contribution in [0.15, 0.2) is 11.6 Å². The van der Waals surface area contributed by atoms with E-state index in [9.17, 15) is 10.2 Å². The molecule has 0 radical (unpaired) electrons. The van der Waals surface area contributed by atoms with Crippen LogP contribution in [-0.2, 0) is 0 Å². The molecule has 4 aliphatic rings. The third-order valence-electron chi connectivity index (χ3n) is 10.5. The van der Waals surface area contributed by atoms with Gasteiger partial charge in [-0.15, -0.1) is 0 Å². The molecular weight excluding hydrogens is 428 g/mol. The summed E-state index contributed by atoms with van der Waals surface area (Å²) < 4.78 is 0. The molecule has 0 amide bonds. The fraction of sp³-hybridized carbons (Fsp3) is 0.939. The van der Waals surface area contributed by atoms with Crippen molar-refractivity contribution in [3.8, 4) is 0 Å². The van der Waals surface area contributed by atoms with Crippen molar-refractivity contribution >= 4 is 0 Å². The smallest absolute Gasteiger partial charge is 0.0577 e. The highest BCUT2D eigenvalue weighted by Crippen LogP contribution is 2.67. The highest BCUT2D eigenvalue weighted by atomic mass is 16.3.